The lowest BCUT2D eigenvalue weighted by atomic mass is 9.99. The number of ether oxygens (including phenoxy) is 1. The van der Waals surface area contributed by atoms with Crippen molar-refractivity contribution in [2.45, 2.75) is 43.8 Å². The van der Waals surface area contributed by atoms with Crippen molar-refractivity contribution in [1.29, 1.82) is 0 Å². The Morgan fingerprint density at radius 1 is 1.16 bits per heavy atom. The third kappa shape index (κ3) is 3.78. The molecular formula is C19H20ClN3O2. The minimum absolute atomic E-state index is 0.0799. The van der Waals surface area contributed by atoms with Crippen molar-refractivity contribution >= 4 is 17.5 Å². The Balaban J connectivity index is 1.42. The molecule has 1 aromatic heterocycles. The Morgan fingerprint density at radius 3 is 2.56 bits per heavy atom. The van der Waals surface area contributed by atoms with E-state index >= 15 is 0 Å². The number of carbonyl (C=O) groups excluding carboxylic acids is 1. The molecule has 2 aromatic rings. The van der Waals surface area contributed by atoms with Crippen molar-refractivity contribution in [2.24, 2.45) is 0 Å². The van der Waals surface area contributed by atoms with Crippen LogP contribution in [0.15, 0.2) is 42.7 Å². The fraction of sp³-hybridized carbons (Fsp3) is 0.368. The average Bonchev–Trinajstić information content (AvgIpc) is 2.96. The minimum atomic E-state index is -0.0799. The number of pyridine rings is 1. The first-order valence-corrected chi connectivity index (χ1v) is 8.99. The molecule has 1 aromatic carbocycles. The van der Waals surface area contributed by atoms with Crippen molar-refractivity contribution in [1.82, 2.24) is 15.6 Å². The van der Waals surface area contributed by atoms with Crippen LogP contribution >= 0.6 is 11.6 Å². The molecule has 0 radical (unpaired) electrons. The molecular weight excluding hydrogens is 338 g/mol. The molecule has 2 bridgehead atoms. The molecule has 25 heavy (non-hydrogen) atoms. The van der Waals surface area contributed by atoms with E-state index in [1.54, 1.807) is 42.7 Å². The monoisotopic (exact) mass is 357 g/mol. The quantitative estimate of drug-likeness (QED) is 0.878. The zero-order chi connectivity index (χ0) is 17.2. The van der Waals surface area contributed by atoms with Crippen molar-refractivity contribution in [3.05, 3.63) is 53.3 Å². The number of hydrogen-bond donors (Lipinski definition) is 2. The minimum Gasteiger partial charge on any atom is -0.456 e. The average molecular weight is 358 g/mol. The first-order chi connectivity index (χ1) is 12.2. The van der Waals surface area contributed by atoms with E-state index in [1.807, 2.05) is 0 Å². The molecule has 2 N–H and O–H groups in total. The maximum Gasteiger partial charge on any atom is 0.251 e. The van der Waals surface area contributed by atoms with Crippen molar-refractivity contribution in [3.63, 3.8) is 0 Å². The number of nitrogens with one attached hydrogen (secondary N) is 2. The van der Waals surface area contributed by atoms with Gasteiger partial charge in [-0.3, -0.25) is 9.78 Å². The van der Waals surface area contributed by atoms with Crippen LogP contribution in [0.4, 0.5) is 0 Å². The van der Waals surface area contributed by atoms with Gasteiger partial charge in [0, 0.05) is 36.1 Å². The summed E-state index contributed by atoms with van der Waals surface area (Å²) >= 11 is 6.29. The molecule has 2 fully saturated rings. The van der Waals surface area contributed by atoms with Crippen molar-refractivity contribution < 1.29 is 9.53 Å². The molecule has 5 nitrogen and oxygen atoms in total. The number of hydrogen-bond acceptors (Lipinski definition) is 4. The van der Waals surface area contributed by atoms with E-state index in [9.17, 15) is 4.79 Å². The number of rotatable bonds is 4. The number of piperidine rings is 1. The second kappa shape index (κ2) is 7.02. The molecule has 2 aliphatic heterocycles. The molecule has 2 saturated heterocycles. The number of nitrogens with zero attached hydrogens (tertiary/aromatic N) is 1. The van der Waals surface area contributed by atoms with Gasteiger partial charge in [0.05, 0.1) is 5.02 Å². The number of benzene rings is 1. The summed E-state index contributed by atoms with van der Waals surface area (Å²) in [7, 11) is 0. The van der Waals surface area contributed by atoms with Crippen LogP contribution in [0.1, 0.15) is 36.0 Å². The van der Waals surface area contributed by atoms with Crippen molar-refractivity contribution in [2.75, 3.05) is 0 Å². The lowest BCUT2D eigenvalue weighted by Gasteiger charge is -2.29. The van der Waals surface area contributed by atoms with Crippen LogP contribution in [0.25, 0.3) is 0 Å². The molecule has 0 aliphatic carbocycles. The third-order valence-electron chi connectivity index (χ3n) is 4.88. The van der Waals surface area contributed by atoms with Gasteiger partial charge in [0.2, 0.25) is 0 Å². The van der Waals surface area contributed by atoms with E-state index in [0.717, 1.165) is 12.8 Å². The van der Waals surface area contributed by atoms with Gasteiger partial charge in [0.25, 0.3) is 5.91 Å². The summed E-state index contributed by atoms with van der Waals surface area (Å²) in [5.41, 5.74) is 0.554. The summed E-state index contributed by atoms with van der Waals surface area (Å²) < 4.78 is 5.72. The summed E-state index contributed by atoms with van der Waals surface area (Å²) in [4.78, 5) is 16.5. The molecule has 0 spiro atoms. The van der Waals surface area contributed by atoms with Crippen molar-refractivity contribution in [3.8, 4) is 11.5 Å². The topological polar surface area (TPSA) is 63.2 Å². The highest BCUT2D eigenvalue weighted by Gasteiger charge is 2.34. The summed E-state index contributed by atoms with van der Waals surface area (Å²) in [6.07, 6.45) is 7.72. The lowest BCUT2D eigenvalue weighted by Crippen LogP contribution is -2.48. The van der Waals surface area contributed by atoms with Gasteiger partial charge >= 0.3 is 0 Å². The molecule has 130 valence electrons. The van der Waals surface area contributed by atoms with Gasteiger partial charge in [-0.05, 0) is 56.0 Å². The van der Waals surface area contributed by atoms with Crippen LogP contribution in [-0.2, 0) is 0 Å². The molecule has 2 aliphatic rings. The van der Waals surface area contributed by atoms with E-state index in [1.165, 1.54) is 12.8 Å². The van der Waals surface area contributed by atoms with Gasteiger partial charge in [0.1, 0.15) is 11.5 Å². The second-order valence-electron chi connectivity index (χ2n) is 6.71. The third-order valence-corrected chi connectivity index (χ3v) is 5.18. The Labute approximate surface area is 151 Å². The molecule has 4 rings (SSSR count). The summed E-state index contributed by atoms with van der Waals surface area (Å²) in [6, 6.07) is 9.95. The van der Waals surface area contributed by atoms with E-state index in [4.69, 9.17) is 16.3 Å². The van der Waals surface area contributed by atoms with E-state index in [0.29, 0.717) is 34.2 Å². The van der Waals surface area contributed by atoms with Crippen LogP contribution in [0.5, 0.6) is 11.5 Å². The lowest BCUT2D eigenvalue weighted by molar-refractivity contribution is 0.0924. The van der Waals surface area contributed by atoms with Crippen LogP contribution in [0.3, 0.4) is 0 Å². The van der Waals surface area contributed by atoms with Gasteiger partial charge in [-0.1, -0.05) is 11.6 Å². The first kappa shape index (κ1) is 16.4. The highest BCUT2D eigenvalue weighted by molar-refractivity contribution is 6.32. The molecule has 0 saturated carbocycles. The summed E-state index contributed by atoms with van der Waals surface area (Å²) in [5, 5.41) is 7.14. The second-order valence-corrected chi connectivity index (χ2v) is 7.12. The van der Waals surface area contributed by atoms with E-state index < -0.39 is 0 Å². The maximum absolute atomic E-state index is 12.5. The summed E-state index contributed by atoms with van der Waals surface area (Å²) in [6.45, 7) is 0. The molecule has 1 amide bonds. The number of fused-ring (bicyclic) bond motifs is 2. The molecule has 6 heteroatoms. The van der Waals surface area contributed by atoms with Gasteiger partial charge < -0.3 is 15.4 Å². The highest BCUT2D eigenvalue weighted by Crippen LogP contribution is 2.30. The van der Waals surface area contributed by atoms with Gasteiger partial charge in [-0.15, -0.1) is 0 Å². The van der Waals surface area contributed by atoms with Crippen LogP contribution in [0.2, 0.25) is 5.02 Å². The van der Waals surface area contributed by atoms with Gasteiger partial charge in [-0.2, -0.15) is 0 Å². The number of carbonyl (C=O) groups is 1. The Kier molecular flexibility index (Phi) is 4.59. The number of amides is 1. The fourth-order valence-electron chi connectivity index (χ4n) is 3.70. The Morgan fingerprint density at radius 2 is 1.88 bits per heavy atom. The maximum atomic E-state index is 12.5. The van der Waals surface area contributed by atoms with Gasteiger partial charge in [-0.25, -0.2) is 0 Å². The van der Waals surface area contributed by atoms with Crippen LogP contribution in [-0.4, -0.2) is 29.0 Å². The van der Waals surface area contributed by atoms with Crippen LogP contribution < -0.4 is 15.4 Å². The first-order valence-electron chi connectivity index (χ1n) is 8.62. The normalized spacial score (nSPS) is 24.8. The largest absolute Gasteiger partial charge is 0.456 e. The predicted octanol–water partition coefficient (Wildman–Crippen LogP) is 3.54. The van der Waals surface area contributed by atoms with Gasteiger partial charge in [0.15, 0.2) is 0 Å². The van der Waals surface area contributed by atoms with Crippen LogP contribution in [0, 0.1) is 0 Å². The predicted molar refractivity (Wildman–Crippen MR) is 96.2 cm³/mol. The zero-order valence-electron chi connectivity index (χ0n) is 13.7. The smallest absolute Gasteiger partial charge is 0.251 e. The zero-order valence-corrected chi connectivity index (χ0v) is 14.5. The summed E-state index contributed by atoms with van der Waals surface area (Å²) in [5.74, 6) is 1.09. The molecule has 2 atom stereocenters. The standard InChI is InChI=1S/C19H20ClN3O2/c20-17-9-12(1-4-18(17)25-16-5-7-21-8-6-16)19(24)23-15-10-13-2-3-14(11-15)22-13/h1,4-9,13-15,22H,2-3,10-11H2,(H,23,24). The van der Waals surface area contributed by atoms with E-state index in [-0.39, 0.29) is 11.9 Å². The Bertz CT molecular complexity index is 757. The molecule has 2 unspecified atom stereocenters. The van der Waals surface area contributed by atoms with E-state index in [2.05, 4.69) is 15.6 Å². The SMILES string of the molecule is O=C(NC1CC2CCC(C1)N2)c1ccc(Oc2ccncc2)c(Cl)c1. The highest BCUT2D eigenvalue weighted by atomic mass is 35.5. The fourth-order valence-corrected chi connectivity index (χ4v) is 3.92. The molecule has 3 heterocycles. The number of halogens is 1. The Hall–Kier alpha value is -2.11. The number of aromatic nitrogens is 1.